The molecule has 0 spiro atoms. The van der Waals surface area contributed by atoms with Crippen LogP contribution >= 0.6 is 0 Å². The van der Waals surface area contributed by atoms with E-state index in [-0.39, 0.29) is 12.3 Å². The first-order valence-electron chi connectivity index (χ1n) is 6.36. The molecule has 0 radical (unpaired) electrons. The molecule has 1 amide bonds. The number of rotatable bonds is 4. The van der Waals surface area contributed by atoms with E-state index in [1.807, 2.05) is 0 Å². The molecule has 0 aliphatic carbocycles. The van der Waals surface area contributed by atoms with Gasteiger partial charge in [-0.1, -0.05) is 6.92 Å². The van der Waals surface area contributed by atoms with E-state index in [1.165, 1.54) is 6.42 Å². The highest BCUT2D eigenvalue weighted by Crippen LogP contribution is 2.23. The zero-order valence-corrected chi connectivity index (χ0v) is 10.3. The van der Waals surface area contributed by atoms with E-state index in [2.05, 4.69) is 11.8 Å². The van der Waals surface area contributed by atoms with Gasteiger partial charge < -0.3 is 10.0 Å². The fraction of sp³-hybridized carbons (Fsp3) is 0.833. The van der Waals surface area contributed by atoms with Crippen molar-refractivity contribution in [3.8, 4) is 0 Å². The second kappa shape index (κ2) is 5.04. The lowest BCUT2D eigenvalue weighted by atomic mass is 10.1. The van der Waals surface area contributed by atoms with Gasteiger partial charge in [-0.05, 0) is 25.9 Å². The molecule has 2 atom stereocenters. The molecule has 0 aromatic carbocycles. The molecule has 2 aliphatic rings. The van der Waals surface area contributed by atoms with Crippen molar-refractivity contribution in [3.63, 3.8) is 0 Å². The summed E-state index contributed by atoms with van der Waals surface area (Å²) in [6.07, 6.45) is 2.48. The maximum atomic E-state index is 11.7. The fourth-order valence-corrected chi connectivity index (χ4v) is 2.89. The zero-order valence-electron chi connectivity index (χ0n) is 10.3. The van der Waals surface area contributed by atoms with E-state index in [4.69, 9.17) is 5.11 Å². The van der Waals surface area contributed by atoms with E-state index < -0.39 is 11.9 Å². The number of hydrogen-bond donors (Lipinski definition) is 1. The van der Waals surface area contributed by atoms with Crippen LogP contribution in [0.4, 0.5) is 0 Å². The minimum absolute atomic E-state index is 0.000327. The monoisotopic (exact) mass is 240 g/mol. The van der Waals surface area contributed by atoms with Crippen LogP contribution in [-0.2, 0) is 9.59 Å². The van der Waals surface area contributed by atoms with Crippen molar-refractivity contribution in [1.29, 1.82) is 0 Å². The number of carboxylic acids is 1. The SMILES string of the molecule is CCN1CCC[C@@H]1CN1C[C@H](C(=O)O)CC1=O. The molecule has 2 saturated heterocycles. The van der Waals surface area contributed by atoms with Gasteiger partial charge in [0.2, 0.25) is 5.91 Å². The Balaban J connectivity index is 1.91. The van der Waals surface area contributed by atoms with Gasteiger partial charge in [0.1, 0.15) is 0 Å². The number of aliphatic carboxylic acids is 1. The van der Waals surface area contributed by atoms with Gasteiger partial charge in [0, 0.05) is 25.6 Å². The van der Waals surface area contributed by atoms with Gasteiger partial charge in [0.25, 0.3) is 0 Å². The minimum atomic E-state index is -0.848. The standard InChI is InChI=1S/C12H20N2O3/c1-2-13-5-3-4-10(13)8-14-7-9(12(16)17)6-11(14)15/h9-10H,2-8H2,1H3,(H,16,17)/t9-,10-/m1/s1. The Morgan fingerprint density at radius 3 is 2.88 bits per heavy atom. The Kier molecular flexibility index (Phi) is 3.66. The third kappa shape index (κ3) is 2.60. The van der Waals surface area contributed by atoms with Crippen LogP contribution in [-0.4, -0.2) is 59.0 Å². The predicted molar refractivity (Wildman–Crippen MR) is 62.6 cm³/mol. The summed E-state index contributed by atoms with van der Waals surface area (Å²) in [7, 11) is 0. The number of nitrogens with zero attached hydrogens (tertiary/aromatic N) is 2. The Morgan fingerprint density at radius 1 is 1.53 bits per heavy atom. The van der Waals surface area contributed by atoms with Crippen molar-refractivity contribution in [2.45, 2.75) is 32.2 Å². The molecular weight excluding hydrogens is 220 g/mol. The summed E-state index contributed by atoms with van der Waals surface area (Å²) in [6, 6.07) is 0.427. The molecule has 5 nitrogen and oxygen atoms in total. The van der Waals surface area contributed by atoms with Gasteiger partial charge in [-0.25, -0.2) is 0 Å². The highest BCUT2D eigenvalue weighted by atomic mass is 16.4. The van der Waals surface area contributed by atoms with Gasteiger partial charge in [-0.2, -0.15) is 0 Å². The average Bonchev–Trinajstić information content (AvgIpc) is 2.87. The van der Waals surface area contributed by atoms with Gasteiger partial charge >= 0.3 is 5.97 Å². The van der Waals surface area contributed by atoms with Crippen LogP contribution < -0.4 is 0 Å². The molecule has 2 aliphatic heterocycles. The van der Waals surface area contributed by atoms with Gasteiger partial charge in [-0.15, -0.1) is 0 Å². The lowest BCUT2D eigenvalue weighted by Crippen LogP contribution is -2.41. The van der Waals surface area contributed by atoms with Crippen molar-refractivity contribution >= 4 is 11.9 Å². The Hall–Kier alpha value is -1.10. The summed E-state index contributed by atoms with van der Waals surface area (Å²) in [5.41, 5.74) is 0. The van der Waals surface area contributed by atoms with Crippen LogP contribution in [0.2, 0.25) is 0 Å². The first-order chi connectivity index (χ1) is 8.11. The van der Waals surface area contributed by atoms with Crippen molar-refractivity contribution in [1.82, 2.24) is 9.80 Å². The molecule has 0 bridgehead atoms. The van der Waals surface area contributed by atoms with Crippen LogP contribution in [0, 0.1) is 5.92 Å². The number of likely N-dealkylation sites (N-methyl/N-ethyl adjacent to an activating group) is 1. The van der Waals surface area contributed by atoms with Crippen molar-refractivity contribution < 1.29 is 14.7 Å². The van der Waals surface area contributed by atoms with Crippen LogP contribution in [0.1, 0.15) is 26.2 Å². The van der Waals surface area contributed by atoms with Crippen molar-refractivity contribution in [3.05, 3.63) is 0 Å². The van der Waals surface area contributed by atoms with Gasteiger partial charge in [-0.3, -0.25) is 14.5 Å². The quantitative estimate of drug-likeness (QED) is 0.773. The summed E-state index contributed by atoms with van der Waals surface area (Å²) in [5, 5.41) is 8.92. The number of carbonyl (C=O) groups is 2. The second-order valence-corrected chi connectivity index (χ2v) is 4.96. The Bertz CT molecular complexity index is 319. The average molecular weight is 240 g/mol. The van der Waals surface area contributed by atoms with E-state index in [0.29, 0.717) is 19.1 Å². The van der Waals surface area contributed by atoms with Crippen LogP contribution in [0.5, 0.6) is 0 Å². The topological polar surface area (TPSA) is 60.9 Å². The molecular formula is C12H20N2O3. The highest BCUT2D eigenvalue weighted by Gasteiger charge is 2.36. The number of hydrogen-bond acceptors (Lipinski definition) is 3. The molecule has 17 heavy (non-hydrogen) atoms. The molecule has 5 heteroatoms. The number of carbonyl (C=O) groups excluding carboxylic acids is 1. The Labute approximate surface area is 101 Å². The van der Waals surface area contributed by atoms with Crippen molar-refractivity contribution in [2.75, 3.05) is 26.2 Å². The molecule has 1 N–H and O–H groups in total. The fourth-order valence-electron chi connectivity index (χ4n) is 2.89. The number of likely N-dealkylation sites (tertiary alicyclic amines) is 2. The summed E-state index contributed by atoms with van der Waals surface area (Å²) < 4.78 is 0. The molecule has 0 aromatic rings. The van der Waals surface area contributed by atoms with Gasteiger partial charge in [0.05, 0.1) is 5.92 Å². The van der Waals surface area contributed by atoms with Crippen LogP contribution in [0.25, 0.3) is 0 Å². The molecule has 96 valence electrons. The van der Waals surface area contributed by atoms with Crippen LogP contribution in [0.15, 0.2) is 0 Å². The summed E-state index contributed by atoms with van der Waals surface area (Å²) in [4.78, 5) is 26.7. The Morgan fingerprint density at radius 2 is 2.29 bits per heavy atom. The largest absolute Gasteiger partial charge is 0.481 e. The number of carboxylic acid groups (broad SMARTS) is 1. The van der Waals surface area contributed by atoms with E-state index in [1.54, 1.807) is 4.90 Å². The van der Waals surface area contributed by atoms with E-state index in [0.717, 1.165) is 19.5 Å². The molecule has 0 unspecified atom stereocenters. The third-order valence-electron chi connectivity index (χ3n) is 3.90. The minimum Gasteiger partial charge on any atom is -0.481 e. The maximum Gasteiger partial charge on any atom is 0.308 e. The zero-order chi connectivity index (χ0) is 12.4. The molecule has 0 aromatic heterocycles. The van der Waals surface area contributed by atoms with Crippen molar-refractivity contribution in [2.24, 2.45) is 5.92 Å². The molecule has 2 rings (SSSR count). The predicted octanol–water partition coefficient (Wildman–Crippen LogP) is 0.404. The van der Waals surface area contributed by atoms with E-state index in [9.17, 15) is 9.59 Å². The molecule has 2 heterocycles. The maximum absolute atomic E-state index is 11.7. The second-order valence-electron chi connectivity index (χ2n) is 4.96. The normalized spacial score (nSPS) is 30.2. The van der Waals surface area contributed by atoms with Gasteiger partial charge in [0.15, 0.2) is 0 Å². The lowest BCUT2D eigenvalue weighted by Gasteiger charge is -2.27. The highest BCUT2D eigenvalue weighted by molar-refractivity contribution is 5.86. The third-order valence-corrected chi connectivity index (χ3v) is 3.90. The smallest absolute Gasteiger partial charge is 0.308 e. The molecule has 2 fully saturated rings. The summed E-state index contributed by atoms with van der Waals surface area (Å²) in [6.45, 7) is 5.34. The lowest BCUT2D eigenvalue weighted by molar-refractivity contribution is -0.141. The molecule has 0 saturated carbocycles. The first-order valence-corrected chi connectivity index (χ1v) is 6.36. The first kappa shape index (κ1) is 12.4. The summed E-state index contributed by atoms with van der Waals surface area (Å²) in [5.74, 6) is -1.35. The van der Waals surface area contributed by atoms with E-state index >= 15 is 0 Å². The summed E-state index contributed by atoms with van der Waals surface area (Å²) >= 11 is 0. The number of amides is 1. The van der Waals surface area contributed by atoms with Crippen LogP contribution in [0.3, 0.4) is 0 Å².